The van der Waals surface area contributed by atoms with Gasteiger partial charge in [0.25, 0.3) is 0 Å². The predicted molar refractivity (Wildman–Crippen MR) is 62.8 cm³/mol. The van der Waals surface area contributed by atoms with Crippen LogP contribution in [0.25, 0.3) is 0 Å². The number of hydrogen-bond acceptors (Lipinski definition) is 2. The standard InChI is InChI=1S/C12H14FNO.ClH/c13-10-2-3-11-9(6-10)7-12(15-11)4-1-5-14-8-12;/h2-3,6,14H,1,4-5,7-8H2;1H. The summed E-state index contributed by atoms with van der Waals surface area (Å²) in [6.07, 6.45) is 3.04. The molecule has 0 saturated carbocycles. The first kappa shape index (κ1) is 11.7. The van der Waals surface area contributed by atoms with Gasteiger partial charge in [0.1, 0.15) is 17.2 Å². The largest absolute Gasteiger partial charge is 0.485 e. The van der Waals surface area contributed by atoms with Crippen LogP contribution in [-0.2, 0) is 6.42 Å². The van der Waals surface area contributed by atoms with Crippen LogP contribution in [0, 0.1) is 5.82 Å². The highest BCUT2D eigenvalue weighted by Gasteiger charge is 2.40. The Balaban J connectivity index is 0.000000963. The van der Waals surface area contributed by atoms with E-state index >= 15 is 0 Å². The number of ether oxygens (including phenoxy) is 1. The van der Waals surface area contributed by atoms with E-state index < -0.39 is 0 Å². The zero-order chi connectivity index (χ0) is 10.3. The number of halogens is 2. The van der Waals surface area contributed by atoms with E-state index in [1.54, 1.807) is 12.1 Å². The van der Waals surface area contributed by atoms with Gasteiger partial charge in [0, 0.05) is 18.5 Å². The molecule has 1 saturated heterocycles. The Labute approximate surface area is 101 Å². The van der Waals surface area contributed by atoms with Gasteiger partial charge in [-0.15, -0.1) is 12.4 Å². The quantitative estimate of drug-likeness (QED) is 0.755. The van der Waals surface area contributed by atoms with Crippen LogP contribution >= 0.6 is 12.4 Å². The smallest absolute Gasteiger partial charge is 0.126 e. The molecule has 1 unspecified atom stereocenters. The van der Waals surface area contributed by atoms with Crippen LogP contribution in [0.4, 0.5) is 4.39 Å². The van der Waals surface area contributed by atoms with Crippen LogP contribution in [0.3, 0.4) is 0 Å². The van der Waals surface area contributed by atoms with Gasteiger partial charge in [-0.25, -0.2) is 4.39 Å². The summed E-state index contributed by atoms with van der Waals surface area (Å²) < 4.78 is 19.0. The number of benzene rings is 1. The highest BCUT2D eigenvalue weighted by molar-refractivity contribution is 5.85. The number of piperidine rings is 1. The summed E-state index contributed by atoms with van der Waals surface area (Å²) in [4.78, 5) is 0. The Bertz CT molecular complexity index is 391. The molecule has 88 valence electrons. The van der Waals surface area contributed by atoms with E-state index in [2.05, 4.69) is 5.32 Å². The molecule has 3 rings (SSSR count). The van der Waals surface area contributed by atoms with Gasteiger partial charge < -0.3 is 10.1 Å². The number of nitrogens with one attached hydrogen (secondary N) is 1. The molecule has 2 nitrogen and oxygen atoms in total. The minimum atomic E-state index is -0.168. The molecule has 1 aromatic rings. The average molecular weight is 244 g/mol. The summed E-state index contributed by atoms with van der Waals surface area (Å²) >= 11 is 0. The van der Waals surface area contributed by atoms with Crippen LogP contribution < -0.4 is 10.1 Å². The number of hydrogen-bond donors (Lipinski definition) is 1. The Morgan fingerprint density at radius 2 is 2.25 bits per heavy atom. The summed E-state index contributed by atoms with van der Waals surface area (Å²) in [7, 11) is 0. The lowest BCUT2D eigenvalue weighted by atomic mass is 9.89. The van der Waals surface area contributed by atoms with Crippen LogP contribution in [0.2, 0.25) is 0 Å². The Kier molecular flexibility index (Phi) is 3.08. The number of rotatable bonds is 0. The SMILES string of the molecule is Cl.Fc1ccc2c(c1)CC1(CCCNC1)O2. The normalized spacial score (nSPS) is 27.1. The Hall–Kier alpha value is -0.800. The molecule has 2 aliphatic heterocycles. The highest BCUT2D eigenvalue weighted by Crippen LogP contribution is 2.38. The average Bonchev–Trinajstić information content (AvgIpc) is 2.56. The third-order valence-corrected chi connectivity index (χ3v) is 3.29. The van der Waals surface area contributed by atoms with Gasteiger partial charge in [-0.05, 0) is 37.6 Å². The summed E-state index contributed by atoms with van der Waals surface area (Å²) in [5.74, 6) is 0.693. The second-order valence-electron chi connectivity index (χ2n) is 4.49. The zero-order valence-corrected chi connectivity index (χ0v) is 9.78. The lowest BCUT2D eigenvalue weighted by molar-refractivity contribution is 0.0660. The van der Waals surface area contributed by atoms with Crippen LogP contribution in [-0.4, -0.2) is 18.7 Å². The predicted octanol–water partition coefficient (Wildman–Crippen LogP) is 2.30. The molecule has 16 heavy (non-hydrogen) atoms. The summed E-state index contributed by atoms with van der Waals surface area (Å²) in [6.45, 7) is 1.94. The van der Waals surface area contributed by atoms with Crippen molar-refractivity contribution in [3.63, 3.8) is 0 Å². The lowest BCUT2D eigenvalue weighted by Gasteiger charge is -2.33. The molecule has 1 N–H and O–H groups in total. The molecule has 0 radical (unpaired) electrons. The van der Waals surface area contributed by atoms with E-state index in [1.165, 1.54) is 6.07 Å². The Morgan fingerprint density at radius 1 is 1.38 bits per heavy atom. The molecule has 0 bridgehead atoms. The first-order valence-corrected chi connectivity index (χ1v) is 5.46. The van der Waals surface area contributed by atoms with E-state index in [-0.39, 0.29) is 23.8 Å². The first-order valence-electron chi connectivity index (χ1n) is 5.46. The molecular formula is C12H15ClFNO. The lowest BCUT2D eigenvalue weighted by Crippen LogP contribution is -2.49. The van der Waals surface area contributed by atoms with Crippen molar-refractivity contribution in [3.05, 3.63) is 29.6 Å². The molecule has 0 aliphatic carbocycles. The van der Waals surface area contributed by atoms with Crippen molar-refractivity contribution in [2.45, 2.75) is 24.9 Å². The first-order chi connectivity index (χ1) is 7.27. The molecule has 0 aromatic heterocycles. The van der Waals surface area contributed by atoms with Crippen LogP contribution in [0.1, 0.15) is 18.4 Å². The summed E-state index contributed by atoms with van der Waals surface area (Å²) in [5, 5.41) is 3.35. The van der Waals surface area contributed by atoms with Gasteiger partial charge in [0.2, 0.25) is 0 Å². The topological polar surface area (TPSA) is 21.3 Å². The van der Waals surface area contributed by atoms with E-state index in [1.807, 2.05) is 0 Å². The van der Waals surface area contributed by atoms with E-state index in [0.717, 1.165) is 43.7 Å². The van der Waals surface area contributed by atoms with Gasteiger partial charge in [0.15, 0.2) is 0 Å². The second-order valence-corrected chi connectivity index (χ2v) is 4.49. The number of fused-ring (bicyclic) bond motifs is 1. The second kappa shape index (κ2) is 4.22. The van der Waals surface area contributed by atoms with Crippen LogP contribution in [0.5, 0.6) is 5.75 Å². The maximum absolute atomic E-state index is 13.0. The van der Waals surface area contributed by atoms with E-state index in [0.29, 0.717) is 0 Å². The molecular weight excluding hydrogens is 229 g/mol. The molecule has 1 spiro atoms. The fourth-order valence-electron chi connectivity index (χ4n) is 2.58. The van der Waals surface area contributed by atoms with Gasteiger partial charge in [-0.3, -0.25) is 0 Å². The molecule has 1 aromatic carbocycles. The maximum atomic E-state index is 13.0. The van der Waals surface area contributed by atoms with Crippen molar-refractivity contribution in [3.8, 4) is 5.75 Å². The van der Waals surface area contributed by atoms with Gasteiger partial charge in [0.05, 0.1) is 0 Å². The molecule has 1 fully saturated rings. The molecule has 2 heterocycles. The maximum Gasteiger partial charge on any atom is 0.126 e. The molecule has 2 aliphatic rings. The zero-order valence-electron chi connectivity index (χ0n) is 8.96. The van der Waals surface area contributed by atoms with Gasteiger partial charge in [-0.1, -0.05) is 0 Å². The van der Waals surface area contributed by atoms with Crippen molar-refractivity contribution in [1.29, 1.82) is 0 Å². The fourth-order valence-corrected chi connectivity index (χ4v) is 2.58. The third kappa shape index (κ3) is 1.89. The van der Waals surface area contributed by atoms with Gasteiger partial charge >= 0.3 is 0 Å². The van der Waals surface area contributed by atoms with Crippen molar-refractivity contribution in [1.82, 2.24) is 5.32 Å². The van der Waals surface area contributed by atoms with Crippen molar-refractivity contribution >= 4 is 12.4 Å². The van der Waals surface area contributed by atoms with E-state index in [4.69, 9.17) is 4.74 Å². The molecule has 1 atom stereocenters. The van der Waals surface area contributed by atoms with Crippen molar-refractivity contribution in [2.75, 3.05) is 13.1 Å². The van der Waals surface area contributed by atoms with Gasteiger partial charge in [-0.2, -0.15) is 0 Å². The highest BCUT2D eigenvalue weighted by atomic mass is 35.5. The summed E-state index contributed by atoms with van der Waals surface area (Å²) in [6, 6.07) is 4.81. The third-order valence-electron chi connectivity index (χ3n) is 3.29. The fraction of sp³-hybridized carbons (Fsp3) is 0.500. The Morgan fingerprint density at radius 3 is 3.00 bits per heavy atom. The van der Waals surface area contributed by atoms with Crippen molar-refractivity contribution < 1.29 is 9.13 Å². The minimum absolute atomic E-state index is 0. The monoisotopic (exact) mass is 243 g/mol. The van der Waals surface area contributed by atoms with Crippen LogP contribution in [0.15, 0.2) is 18.2 Å². The van der Waals surface area contributed by atoms with E-state index in [9.17, 15) is 4.39 Å². The minimum Gasteiger partial charge on any atom is -0.485 e. The molecule has 4 heteroatoms. The van der Waals surface area contributed by atoms with Crippen molar-refractivity contribution in [2.24, 2.45) is 0 Å². The summed E-state index contributed by atoms with van der Waals surface area (Å²) in [5.41, 5.74) is 0.910. The molecule has 0 amide bonds.